The summed E-state index contributed by atoms with van der Waals surface area (Å²) in [5, 5.41) is 10.5. The first-order chi connectivity index (χ1) is 8.11. The molecule has 4 nitrogen and oxygen atoms in total. The van der Waals surface area contributed by atoms with Gasteiger partial charge in [-0.1, -0.05) is 31.9 Å². The van der Waals surface area contributed by atoms with E-state index in [0.29, 0.717) is 16.2 Å². The largest absolute Gasteiger partial charge is 0.390 e. The van der Waals surface area contributed by atoms with E-state index >= 15 is 0 Å². The number of nitrogens with zero attached hydrogens (tertiary/aromatic N) is 2. The van der Waals surface area contributed by atoms with Gasteiger partial charge in [-0.05, 0) is 18.2 Å². The van der Waals surface area contributed by atoms with Crippen LogP contribution in [0.1, 0.15) is 0 Å². The minimum atomic E-state index is -0.598. The van der Waals surface area contributed by atoms with Crippen LogP contribution in [0.5, 0.6) is 0 Å². The summed E-state index contributed by atoms with van der Waals surface area (Å²) in [5.41, 5.74) is 0.513. The highest BCUT2D eigenvalue weighted by Crippen LogP contribution is 2.14. The van der Waals surface area contributed by atoms with Gasteiger partial charge in [-0.3, -0.25) is 9.36 Å². The molecule has 90 valence electrons. The number of hydrogen-bond donors (Lipinski definition) is 1. The monoisotopic (exact) mass is 360 g/mol. The van der Waals surface area contributed by atoms with E-state index in [9.17, 15) is 9.90 Å². The van der Waals surface area contributed by atoms with E-state index in [1.807, 2.05) is 6.07 Å². The molecule has 17 heavy (non-hydrogen) atoms. The molecule has 0 radical (unpaired) electrons. The number of aliphatic hydroxyl groups excluding tert-OH is 1. The second-order valence-corrected chi connectivity index (χ2v) is 5.23. The van der Waals surface area contributed by atoms with Gasteiger partial charge in [0.2, 0.25) is 0 Å². The molecule has 0 saturated carbocycles. The smallest absolute Gasteiger partial charge is 0.261 e. The topological polar surface area (TPSA) is 55.1 Å². The molecule has 6 heteroatoms. The molecule has 0 spiro atoms. The Morgan fingerprint density at radius 2 is 2.24 bits per heavy atom. The summed E-state index contributed by atoms with van der Waals surface area (Å²) < 4.78 is 2.25. The molecular formula is C11H10Br2N2O2. The minimum absolute atomic E-state index is 0.142. The number of aliphatic hydroxyl groups is 1. The van der Waals surface area contributed by atoms with Gasteiger partial charge < -0.3 is 5.11 Å². The summed E-state index contributed by atoms with van der Waals surface area (Å²) in [6.07, 6.45) is 0.865. The Kier molecular flexibility index (Phi) is 3.96. The van der Waals surface area contributed by atoms with Crippen molar-refractivity contribution >= 4 is 42.8 Å². The zero-order chi connectivity index (χ0) is 12.4. The number of rotatable bonds is 3. The zero-order valence-corrected chi connectivity index (χ0v) is 12.0. The molecule has 0 aliphatic carbocycles. The molecule has 0 amide bonds. The average molecular weight is 362 g/mol. The van der Waals surface area contributed by atoms with E-state index in [4.69, 9.17) is 0 Å². The van der Waals surface area contributed by atoms with Gasteiger partial charge in [-0.2, -0.15) is 0 Å². The lowest BCUT2D eigenvalue weighted by molar-refractivity contribution is 0.177. The molecule has 2 rings (SSSR count). The molecule has 1 aromatic heterocycles. The number of halogens is 2. The van der Waals surface area contributed by atoms with E-state index in [2.05, 4.69) is 36.8 Å². The molecule has 1 unspecified atom stereocenters. The van der Waals surface area contributed by atoms with E-state index < -0.39 is 6.10 Å². The third kappa shape index (κ3) is 2.75. The predicted octanol–water partition coefficient (Wildman–Crippen LogP) is 1.91. The number of aromatic nitrogens is 2. The Hall–Kier alpha value is -0.720. The quantitative estimate of drug-likeness (QED) is 0.849. The number of fused-ring (bicyclic) bond motifs is 1. The first-order valence-corrected chi connectivity index (χ1v) is 6.92. The SMILES string of the molecule is O=c1c2cc(Br)ccc2ncn1CC(O)CBr. The van der Waals surface area contributed by atoms with Gasteiger partial charge in [0.25, 0.3) is 5.56 Å². The number of alkyl halides is 1. The van der Waals surface area contributed by atoms with Crippen LogP contribution in [-0.4, -0.2) is 26.1 Å². The second kappa shape index (κ2) is 5.29. The van der Waals surface area contributed by atoms with Gasteiger partial charge in [0.05, 0.1) is 29.9 Å². The molecule has 0 aliphatic rings. The van der Waals surface area contributed by atoms with E-state index in [0.717, 1.165) is 4.47 Å². The fourth-order valence-electron chi connectivity index (χ4n) is 1.54. The predicted molar refractivity (Wildman–Crippen MR) is 73.5 cm³/mol. The van der Waals surface area contributed by atoms with E-state index in [-0.39, 0.29) is 12.1 Å². The summed E-state index contributed by atoms with van der Waals surface area (Å²) in [6, 6.07) is 5.36. The summed E-state index contributed by atoms with van der Waals surface area (Å²) >= 11 is 6.49. The Labute approximate surface area is 115 Å². The normalized spacial score (nSPS) is 12.9. The molecule has 0 bridgehead atoms. The Morgan fingerprint density at radius 1 is 1.47 bits per heavy atom. The van der Waals surface area contributed by atoms with Crippen molar-refractivity contribution in [1.82, 2.24) is 9.55 Å². The van der Waals surface area contributed by atoms with Crippen molar-refractivity contribution in [3.8, 4) is 0 Å². The lowest BCUT2D eigenvalue weighted by Crippen LogP contribution is -2.27. The first kappa shape index (κ1) is 12.7. The van der Waals surface area contributed by atoms with Gasteiger partial charge in [-0.15, -0.1) is 0 Å². The zero-order valence-electron chi connectivity index (χ0n) is 8.81. The summed E-state index contributed by atoms with van der Waals surface area (Å²) in [6.45, 7) is 0.236. The number of benzene rings is 1. The van der Waals surface area contributed by atoms with Gasteiger partial charge >= 0.3 is 0 Å². The van der Waals surface area contributed by atoms with Crippen molar-refractivity contribution in [3.63, 3.8) is 0 Å². The highest BCUT2D eigenvalue weighted by atomic mass is 79.9. The van der Waals surface area contributed by atoms with E-state index in [1.54, 1.807) is 12.1 Å². The molecule has 0 saturated heterocycles. The molecular weight excluding hydrogens is 352 g/mol. The maximum absolute atomic E-state index is 12.1. The molecule has 0 aliphatic heterocycles. The van der Waals surface area contributed by atoms with Crippen molar-refractivity contribution in [2.45, 2.75) is 12.6 Å². The van der Waals surface area contributed by atoms with Crippen LogP contribution in [0.3, 0.4) is 0 Å². The fourth-order valence-corrected chi connectivity index (χ4v) is 2.10. The lowest BCUT2D eigenvalue weighted by Gasteiger charge is -2.10. The summed E-state index contributed by atoms with van der Waals surface area (Å²) in [5.74, 6) is 0. The highest BCUT2D eigenvalue weighted by molar-refractivity contribution is 9.10. The molecule has 1 atom stereocenters. The van der Waals surface area contributed by atoms with Crippen molar-refractivity contribution in [2.75, 3.05) is 5.33 Å². The first-order valence-electron chi connectivity index (χ1n) is 5.00. The molecule has 1 aromatic carbocycles. The van der Waals surface area contributed by atoms with Crippen LogP contribution < -0.4 is 5.56 Å². The van der Waals surface area contributed by atoms with Gasteiger partial charge in [0.1, 0.15) is 0 Å². The van der Waals surface area contributed by atoms with Crippen LogP contribution in [0.4, 0.5) is 0 Å². The van der Waals surface area contributed by atoms with Crippen LogP contribution >= 0.6 is 31.9 Å². The van der Waals surface area contributed by atoms with Crippen LogP contribution in [0.2, 0.25) is 0 Å². The lowest BCUT2D eigenvalue weighted by atomic mass is 10.2. The Bertz CT molecular complexity index is 598. The third-order valence-electron chi connectivity index (χ3n) is 2.37. The van der Waals surface area contributed by atoms with Crippen LogP contribution in [0, 0.1) is 0 Å². The highest BCUT2D eigenvalue weighted by Gasteiger charge is 2.08. The van der Waals surface area contributed by atoms with Gasteiger partial charge in [-0.25, -0.2) is 4.98 Å². The molecule has 1 heterocycles. The Balaban J connectivity index is 2.53. The van der Waals surface area contributed by atoms with Crippen molar-refractivity contribution < 1.29 is 5.11 Å². The standard InChI is InChI=1S/C11H10Br2N2O2/c12-4-8(16)5-15-6-14-10-2-1-7(13)3-9(10)11(15)17/h1-3,6,8,16H,4-5H2. The Morgan fingerprint density at radius 3 is 2.94 bits per heavy atom. The van der Waals surface area contributed by atoms with Gasteiger partial charge in [0, 0.05) is 9.80 Å². The van der Waals surface area contributed by atoms with Crippen LogP contribution in [-0.2, 0) is 6.54 Å². The molecule has 0 fully saturated rings. The number of hydrogen-bond acceptors (Lipinski definition) is 3. The minimum Gasteiger partial charge on any atom is -0.390 e. The summed E-state index contributed by atoms with van der Waals surface area (Å²) in [4.78, 5) is 16.3. The van der Waals surface area contributed by atoms with Gasteiger partial charge in [0.15, 0.2) is 0 Å². The maximum atomic E-state index is 12.1. The summed E-state index contributed by atoms with van der Waals surface area (Å²) in [7, 11) is 0. The van der Waals surface area contributed by atoms with Crippen molar-refractivity contribution in [1.29, 1.82) is 0 Å². The van der Waals surface area contributed by atoms with E-state index in [1.165, 1.54) is 10.9 Å². The second-order valence-electron chi connectivity index (χ2n) is 3.67. The fraction of sp³-hybridized carbons (Fsp3) is 0.273. The molecule has 2 aromatic rings. The van der Waals surface area contributed by atoms with Crippen LogP contribution in [0.15, 0.2) is 33.8 Å². The average Bonchev–Trinajstić information content (AvgIpc) is 2.33. The third-order valence-corrected chi connectivity index (χ3v) is 3.61. The maximum Gasteiger partial charge on any atom is 0.261 e. The van der Waals surface area contributed by atoms with Crippen LogP contribution in [0.25, 0.3) is 10.9 Å². The van der Waals surface area contributed by atoms with Crippen molar-refractivity contribution in [3.05, 3.63) is 39.4 Å². The van der Waals surface area contributed by atoms with Crippen molar-refractivity contribution in [2.24, 2.45) is 0 Å². The molecule has 1 N–H and O–H groups in total.